The van der Waals surface area contributed by atoms with E-state index in [1.54, 1.807) is 25.5 Å². The number of amides is 1. The second kappa shape index (κ2) is 8.96. The van der Waals surface area contributed by atoms with Crippen LogP contribution in [0.4, 0.5) is 0 Å². The Morgan fingerprint density at radius 3 is 2.89 bits per heavy atom. The monoisotopic (exact) mass is 406 g/mol. The van der Waals surface area contributed by atoms with Crippen LogP contribution in [0, 0.1) is 0 Å². The van der Waals surface area contributed by atoms with Crippen LogP contribution >= 0.6 is 11.8 Å². The predicted molar refractivity (Wildman–Crippen MR) is 101 cm³/mol. The summed E-state index contributed by atoms with van der Waals surface area (Å²) in [6.45, 7) is 4.46. The Balaban J connectivity index is 1.53. The Morgan fingerprint density at radius 2 is 2.11 bits per heavy atom. The zero-order valence-corrected chi connectivity index (χ0v) is 16.7. The maximum Gasteiger partial charge on any atom is 0.313 e. The van der Waals surface area contributed by atoms with E-state index in [1.807, 2.05) is 18.2 Å². The van der Waals surface area contributed by atoms with E-state index >= 15 is 0 Å². The number of carbonyl (C=O) groups excluding carboxylic acids is 2. The number of fused-ring (bicyclic) bond motifs is 1. The van der Waals surface area contributed by atoms with E-state index in [0.29, 0.717) is 35.6 Å². The van der Waals surface area contributed by atoms with Gasteiger partial charge < -0.3 is 24.1 Å². The minimum Gasteiger partial charge on any atom is -0.466 e. The molecule has 0 fully saturated rings. The molecule has 1 amide bonds. The molecular formula is C18H22N4O5S. The summed E-state index contributed by atoms with van der Waals surface area (Å²) in [5, 5.41) is 11.2. The molecule has 1 aliphatic rings. The number of aromatic nitrogens is 3. The lowest BCUT2D eigenvalue weighted by molar-refractivity contribution is -0.142. The van der Waals surface area contributed by atoms with E-state index in [4.69, 9.17) is 14.2 Å². The van der Waals surface area contributed by atoms with Crippen molar-refractivity contribution in [3.8, 4) is 11.5 Å². The fourth-order valence-electron chi connectivity index (χ4n) is 2.54. The van der Waals surface area contributed by atoms with Crippen molar-refractivity contribution in [2.45, 2.75) is 37.2 Å². The highest BCUT2D eigenvalue weighted by Gasteiger charge is 2.20. The average molecular weight is 406 g/mol. The van der Waals surface area contributed by atoms with Gasteiger partial charge in [-0.25, -0.2) is 0 Å². The van der Waals surface area contributed by atoms with Gasteiger partial charge in [0, 0.05) is 13.6 Å². The Hall–Kier alpha value is -2.75. The molecule has 28 heavy (non-hydrogen) atoms. The summed E-state index contributed by atoms with van der Waals surface area (Å²) in [4.78, 5) is 24.0. The Kier molecular flexibility index (Phi) is 6.40. The van der Waals surface area contributed by atoms with Crippen LogP contribution in [0.1, 0.15) is 25.2 Å². The Morgan fingerprint density at radius 1 is 1.32 bits per heavy atom. The smallest absolute Gasteiger partial charge is 0.313 e. The Labute approximate surface area is 166 Å². The number of ether oxygens (including phenoxy) is 3. The molecule has 1 aromatic heterocycles. The van der Waals surface area contributed by atoms with Crippen LogP contribution in [-0.4, -0.2) is 45.3 Å². The molecule has 0 spiro atoms. The molecule has 0 saturated heterocycles. The number of thioether (sulfide) groups is 1. The largest absolute Gasteiger partial charge is 0.466 e. The van der Waals surface area contributed by atoms with Gasteiger partial charge in [0.15, 0.2) is 16.7 Å². The second-order valence-corrected chi connectivity index (χ2v) is 7.41. The predicted octanol–water partition coefficient (Wildman–Crippen LogP) is 1.45. The lowest BCUT2D eigenvalue weighted by Crippen LogP contribution is -2.30. The number of benzene rings is 1. The summed E-state index contributed by atoms with van der Waals surface area (Å²) >= 11 is 1.28. The molecule has 0 unspecified atom stereocenters. The van der Waals surface area contributed by atoms with Crippen molar-refractivity contribution >= 4 is 23.6 Å². The molecule has 1 N–H and O–H groups in total. The summed E-state index contributed by atoms with van der Waals surface area (Å²) in [7, 11) is 1.76. The molecule has 9 nitrogen and oxygen atoms in total. The zero-order valence-electron chi connectivity index (χ0n) is 15.9. The number of esters is 1. The number of nitrogens with one attached hydrogen (secondary N) is 1. The maximum atomic E-state index is 12.4. The van der Waals surface area contributed by atoms with Gasteiger partial charge in [0.05, 0.1) is 11.9 Å². The normalized spacial score (nSPS) is 13.2. The molecule has 0 radical (unpaired) electrons. The van der Waals surface area contributed by atoms with Crippen molar-refractivity contribution in [1.82, 2.24) is 20.1 Å². The first kappa shape index (κ1) is 20.0. The van der Waals surface area contributed by atoms with Crippen LogP contribution in [0.3, 0.4) is 0 Å². The molecule has 150 valence electrons. The van der Waals surface area contributed by atoms with Crippen molar-refractivity contribution in [3.63, 3.8) is 0 Å². The lowest BCUT2D eigenvalue weighted by Gasteiger charge is -2.12. The molecule has 0 aliphatic carbocycles. The van der Waals surface area contributed by atoms with Crippen LogP contribution in [0.2, 0.25) is 0 Å². The van der Waals surface area contributed by atoms with Crippen molar-refractivity contribution in [2.75, 3.05) is 13.4 Å². The highest BCUT2D eigenvalue weighted by atomic mass is 32.2. The first-order chi connectivity index (χ1) is 13.5. The highest BCUT2D eigenvalue weighted by molar-refractivity contribution is 8.00. The van der Waals surface area contributed by atoms with Gasteiger partial charge in [0.2, 0.25) is 12.7 Å². The molecule has 0 bridgehead atoms. The van der Waals surface area contributed by atoms with Crippen LogP contribution in [0.25, 0.3) is 0 Å². The van der Waals surface area contributed by atoms with E-state index < -0.39 is 0 Å². The van der Waals surface area contributed by atoms with Crippen molar-refractivity contribution < 1.29 is 23.8 Å². The third-order valence-electron chi connectivity index (χ3n) is 4.09. The third-order valence-corrected chi connectivity index (χ3v) is 5.22. The minimum absolute atomic E-state index is 0.0442. The topological polar surface area (TPSA) is 105 Å². The van der Waals surface area contributed by atoms with E-state index in [-0.39, 0.29) is 30.3 Å². The fourth-order valence-corrected chi connectivity index (χ4v) is 3.40. The minimum atomic E-state index is -0.382. The van der Waals surface area contributed by atoms with Gasteiger partial charge in [0.25, 0.3) is 0 Å². The molecule has 1 atom stereocenters. The molecular weight excluding hydrogens is 384 g/mol. The molecule has 10 heteroatoms. The molecule has 3 rings (SSSR count). The van der Waals surface area contributed by atoms with Gasteiger partial charge in [-0.15, -0.1) is 10.2 Å². The maximum absolute atomic E-state index is 12.4. The Bertz CT molecular complexity index is 870. The van der Waals surface area contributed by atoms with Crippen LogP contribution in [0.5, 0.6) is 11.5 Å². The number of hydrogen-bond acceptors (Lipinski definition) is 8. The van der Waals surface area contributed by atoms with Crippen LogP contribution in [-0.2, 0) is 34.3 Å². The van der Waals surface area contributed by atoms with E-state index in [9.17, 15) is 9.59 Å². The number of carbonyl (C=O) groups is 2. The van der Waals surface area contributed by atoms with Crippen molar-refractivity contribution in [1.29, 1.82) is 0 Å². The first-order valence-corrected chi connectivity index (χ1v) is 9.72. The third kappa shape index (κ3) is 4.75. The van der Waals surface area contributed by atoms with Gasteiger partial charge in [-0.1, -0.05) is 17.8 Å². The number of rotatable bonds is 8. The molecule has 2 heterocycles. The summed E-state index contributed by atoms with van der Waals surface area (Å²) < 4.78 is 17.2. The standard InChI is InChI=1S/C18H22N4O5S/c1-4-25-16(23)8-15-20-21-18(22(15)3)28-11(2)17(24)19-9-12-5-6-13-14(7-12)27-10-26-13/h5-7,11H,4,8-10H2,1-3H3,(H,19,24)/t11-/m1/s1. The number of hydrogen-bond donors (Lipinski definition) is 1. The summed E-state index contributed by atoms with van der Waals surface area (Å²) in [5.74, 6) is 1.40. The number of nitrogens with zero attached hydrogens (tertiary/aromatic N) is 3. The SMILES string of the molecule is CCOC(=O)Cc1nnc(S[C@H](C)C(=O)NCc2ccc3c(c2)OCO3)n1C. The summed E-state index contributed by atoms with van der Waals surface area (Å²) in [5.41, 5.74) is 0.921. The summed E-state index contributed by atoms with van der Waals surface area (Å²) in [6.07, 6.45) is 0.0442. The van der Waals surface area contributed by atoms with Crippen LogP contribution < -0.4 is 14.8 Å². The lowest BCUT2D eigenvalue weighted by atomic mass is 10.2. The van der Waals surface area contributed by atoms with E-state index in [2.05, 4.69) is 15.5 Å². The highest BCUT2D eigenvalue weighted by Crippen LogP contribution is 2.32. The zero-order chi connectivity index (χ0) is 20.1. The quantitative estimate of drug-likeness (QED) is 0.519. The van der Waals surface area contributed by atoms with Gasteiger partial charge in [-0.05, 0) is 31.5 Å². The fraction of sp³-hybridized carbons (Fsp3) is 0.444. The second-order valence-electron chi connectivity index (χ2n) is 6.11. The van der Waals surface area contributed by atoms with Crippen molar-refractivity contribution in [2.24, 2.45) is 7.05 Å². The van der Waals surface area contributed by atoms with Gasteiger partial charge in [-0.2, -0.15) is 0 Å². The van der Waals surface area contributed by atoms with Gasteiger partial charge in [-0.3, -0.25) is 9.59 Å². The van der Waals surface area contributed by atoms with Crippen LogP contribution in [0.15, 0.2) is 23.4 Å². The average Bonchev–Trinajstić information content (AvgIpc) is 3.27. The summed E-state index contributed by atoms with van der Waals surface area (Å²) in [6, 6.07) is 5.56. The molecule has 1 aliphatic heterocycles. The van der Waals surface area contributed by atoms with Gasteiger partial charge in [0.1, 0.15) is 12.2 Å². The molecule has 2 aromatic rings. The van der Waals surface area contributed by atoms with E-state index in [1.165, 1.54) is 11.8 Å². The molecule has 0 saturated carbocycles. The van der Waals surface area contributed by atoms with E-state index in [0.717, 1.165) is 5.56 Å². The first-order valence-electron chi connectivity index (χ1n) is 8.84. The van der Waals surface area contributed by atoms with Gasteiger partial charge >= 0.3 is 5.97 Å². The van der Waals surface area contributed by atoms with Crippen molar-refractivity contribution in [3.05, 3.63) is 29.6 Å². The molecule has 1 aromatic carbocycles.